The van der Waals surface area contributed by atoms with Gasteiger partial charge in [0.2, 0.25) is 5.95 Å². The smallest absolute Gasteiger partial charge is 0.253 e. The van der Waals surface area contributed by atoms with E-state index in [2.05, 4.69) is 35.9 Å². The van der Waals surface area contributed by atoms with Crippen molar-refractivity contribution >= 4 is 28.7 Å². The summed E-state index contributed by atoms with van der Waals surface area (Å²) in [7, 11) is 0. The summed E-state index contributed by atoms with van der Waals surface area (Å²) < 4.78 is 31.5. The monoisotopic (exact) mass is 478 g/mol. The molecule has 9 nitrogen and oxygen atoms in total. The minimum Gasteiger partial charge on any atom is -0.347 e. The zero-order valence-electron chi connectivity index (χ0n) is 19.4. The van der Waals surface area contributed by atoms with Gasteiger partial charge in [-0.3, -0.25) is 4.79 Å². The number of aryl methyl sites for hydroxylation is 1. The normalized spacial score (nSPS) is 13.8. The Bertz CT molecular complexity index is 1410. The fourth-order valence-corrected chi connectivity index (χ4v) is 4.06. The predicted molar refractivity (Wildman–Crippen MR) is 127 cm³/mol. The third-order valence-electron chi connectivity index (χ3n) is 5.84. The molecule has 4 aromatic rings. The van der Waals surface area contributed by atoms with E-state index < -0.39 is 11.6 Å². The number of nitrogens with zero attached hydrogens (tertiary/aromatic N) is 5. The van der Waals surface area contributed by atoms with Crippen molar-refractivity contribution in [1.82, 2.24) is 35.1 Å². The largest absolute Gasteiger partial charge is 0.347 e. The molecule has 1 aliphatic heterocycles. The number of aromatic nitrogens is 5. The fourth-order valence-electron chi connectivity index (χ4n) is 4.06. The molecule has 5 rings (SSSR count). The maximum atomic E-state index is 14.9. The maximum absolute atomic E-state index is 14.9. The number of pyridine rings is 1. The quantitative estimate of drug-likeness (QED) is 0.389. The number of imidazole rings is 1. The third-order valence-corrected chi connectivity index (χ3v) is 5.84. The minimum absolute atomic E-state index is 0.0450. The van der Waals surface area contributed by atoms with E-state index in [1.807, 2.05) is 18.4 Å². The van der Waals surface area contributed by atoms with Gasteiger partial charge in [0.1, 0.15) is 22.9 Å². The summed E-state index contributed by atoms with van der Waals surface area (Å²) in [5, 5.41) is 8.89. The van der Waals surface area contributed by atoms with Crippen LogP contribution in [0.2, 0.25) is 0 Å². The summed E-state index contributed by atoms with van der Waals surface area (Å²) in [5.74, 6) is -0.318. The molecule has 1 saturated heterocycles. The Morgan fingerprint density at radius 2 is 1.91 bits per heavy atom. The van der Waals surface area contributed by atoms with Crippen molar-refractivity contribution in [3.05, 3.63) is 59.7 Å². The summed E-state index contributed by atoms with van der Waals surface area (Å²) in [4.78, 5) is 29.0. The van der Waals surface area contributed by atoms with E-state index in [1.54, 1.807) is 25.1 Å². The lowest BCUT2D eigenvalue weighted by molar-refractivity contribution is 0.0923. The Morgan fingerprint density at radius 1 is 1.11 bits per heavy atom. The van der Waals surface area contributed by atoms with E-state index in [0.29, 0.717) is 22.7 Å². The number of anilines is 2. The van der Waals surface area contributed by atoms with Crippen LogP contribution in [-0.4, -0.2) is 49.5 Å². The second-order valence-corrected chi connectivity index (χ2v) is 8.72. The third kappa shape index (κ3) is 4.42. The second kappa shape index (κ2) is 8.99. The van der Waals surface area contributed by atoms with Crippen LogP contribution in [0.5, 0.6) is 0 Å². The molecule has 0 unspecified atom stereocenters. The number of amides is 1. The van der Waals surface area contributed by atoms with Gasteiger partial charge < -0.3 is 20.5 Å². The van der Waals surface area contributed by atoms with Gasteiger partial charge in [-0.2, -0.15) is 0 Å². The number of hydrogen-bond acceptors (Lipinski definition) is 7. The van der Waals surface area contributed by atoms with E-state index >= 15 is 0 Å². The molecular formula is C24H24F2N8O. The van der Waals surface area contributed by atoms with Crippen LogP contribution >= 0.6 is 0 Å². The van der Waals surface area contributed by atoms with Crippen molar-refractivity contribution in [3.8, 4) is 11.3 Å². The van der Waals surface area contributed by atoms with Gasteiger partial charge in [-0.15, -0.1) is 0 Å². The molecule has 0 spiro atoms. The van der Waals surface area contributed by atoms with Crippen LogP contribution in [0.25, 0.3) is 22.3 Å². The minimum atomic E-state index is -0.688. The molecule has 1 amide bonds. The number of rotatable bonds is 6. The molecule has 0 atom stereocenters. The molecule has 180 valence electrons. The van der Waals surface area contributed by atoms with Crippen LogP contribution in [0, 0.1) is 18.6 Å². The number of carbonyl (C=O) groups is 1. The van der Waals surface area contributed by atoms with E-state index in [4.69, 9.17) is 0 Å². The molecule has 4 heterocycles. The summed E-state index contributed by atoms with van der Waals surface area (Å²) in [6, 6.07) is 6.30. The molecular weight excluding hydrogens is 454 g/mol. The highest BCUT2D eigenvalue weighted by molar-refractivity contribution is 5.94. The highest BCUT2D eigenvalue weighted by atomic mass is 19.1. The number of benzene rings is 1. The van der Waals surface area contributed by atoms with Crippen molar-refractivity contribution in [1.29, 1.82) is 0 Å². The molecule has 0 aliphatic carbocycles. The van der Waals surface area contributed by atoms with Crippen LogP contribution < -0.4 is 16.0 Å². The highest BCUT2D eigenvalue weighted by Gasteiger charge is 2.20. The van der Waals surface area contributed by atoms with Crippen molar-refractivity contribution in [3.63, 3.8) is 0 Å². The zero-order chi connectivity index (χ0) is 24.7. The first-order chi connectivity index (χ1) is 16.8. The molecule has 35 heavy (non-hydrogen) atoms. The van der Waals surface area contributed by atoms with E-state index in [9.17, 15) is 13.6 Å². The molecule has 3 N–H and O–H groups in total. The Labute approximate surface area is 200 Å². The lowest BCUT2D eigenvalue weighted by Crippen LogP contribution is -2.56. The highest BCUT2D eigenvalue weighted by Crippen LogP contribution is 2.30. The van der Waals surface area contributed by atoms with E-state index in [1.165, 1.54) is 12.3 Å². The van der Waals surface area contributed by atoms with Crippen LogP contribution in [-0.2, 0) is 0 Å². The van der Waals surface area contributed by atoms with Gasteiger partial charge in [-0.25, -0.2) is 28.7 Å². The van der Waals surface area contributed by atoms with Gasteiger partial charge in [0.25, 0.3) is 5.91 Å². The molecule has 11 heteroatoms. The summed E-state index contributed by atoms with van der Waals surface area (Å²) in [6.45, 7) is 7.24. The molecule has 0 radical (unpaired) electrons. The van der Waals surface area contributed by atoms with Crippen molar-refractivity contribution < 1.29 is 13.6 Å². The van der Waals surface area contributed by atoms with E-state index in [-0.39, 0.29) is 40.7 Å². The van der Waals surface area contributed by atoms with Crippen LogP contribution in [0.15, 0.2) is 36.7 Å². The van der Waals surface area contributed by atoms with E-state index in [0.717, 1.165) is 19.3 Å². The molecule has 1 aromatic carbocycles. The topological polar surface area (TPSA) is 110 Å². The number of fused-ring (bicyclic) bond motifs is 1. The van der Waals surface area contributed by atoms with Crippen molar-refractivity contribution in [2.45, 2.75) is 32.9 Å². The number of halogens is 2. The average molecular weight is 479 g/mol. The van der Waals surface area contributed by atoms with Gasteiger partial charge in [-0.1, -0.05) is 0 Å². The summed E-state index contributed by atoms with van der Waals surface area (Å²) in [6.07, 6.45) is 2.46. The van der Waals surface area contributed by atoms with Crippen LogP contribution in [0.3, 0.4) is 0 Å². The molecule has 0 saturated carbocycles. The van der Waals surface area contributed by atoms with Gasteiger partial charge in [0.15, 0.2) is 11.6 Å². The lowest BCUT2D eigenvalue weighted by Gasteiger charge is -2.27. The molecule has 0 bridgehead atoms. The van der Waals surface area contributed by atoms with Gasteiger partial charge in [0.05, 0.1) is 23.3 Å². The first-order valence-electron chi connectivity index (χ1n) is 11.3. The summed E-state index contributed by atoms with van der Waals surface area (Å²) >= 11 is 0. The number of nitrogens with one attached hydrogen (secondary N) is 3. The summed E-state index contributed by atoms with van der Waals surface area (Å²) in [5.41, 5.74) is 1.43. The number of hydrogen-bond donors (Lipinski definition) is 3. The Morgan fingerprint density at radius 3 is 2.57 bits per heavy atom. The SMILES string of the molecule is Cc1nc2c(F)cc(-c3nc(Nc4ccc(C(=O)NC5CNC5)cn4)ncc3F)cc2n1C(C)C. The molecule has 1 aliphatic rings. The lowest BCUT2D eigenvalue weighted by atomic mass is 10.1. The standard InChI is InChI=1S/C24H24F2N8O/c1-12(2)34-13(3)30-22-17(25)6-15(7-19(22)34)21-18(26)11-29-24(33-21)32-20-5-4-14(8-28-20)23(35)31-16-9-27-10-16/h4-8,11-12,16,27H,9-10H2,1-3H3,(H,31,35)(H,28,29,32,33). The van der Waals surface area contributed by atoms with Gasteiger partial charge in [-0.05, 0) is 45.0 Å². The fraction of sp³-hybridized carbons (Fsp3) is 0.292. The van der Waals surface area contributed by atoms with Crippen LogP contribution in [0.1, 0.15) is 36.1 Å². The molecule has 3 aromatic heterocycles. The van der Waals surface area contributed by atoms with Crippen molar-refractivity contribution in [2.75, 3.05) is 18.4 Å². The second-order valence-electron chi connectivity index (χ2n) is 8.72. The Kier molecular flexibility index (Phi) is 5.85. The Balaban J connectivity index is 1.42. The van der Waals surface area contributed by atoms with Gasteiger partial charge >= 0.3 is 0 Å². The first-order valence-corrected chi connectivity index (χ1v) is 11.3. The van der Waals surface area contributed by atoms with Crippen LogP contribution in [0.4, 0.5) is 20.5 Å². The predicted octanol–water partition coefficient (Wildman–Crippen LogP) is 3.50. The maximum Gasteiger partial charge on any atom is 0.253 e. The zero-order valence-corrected chi connectivity index (χ0v) is 19.4. The average Bonchev–Trinajstić information content (AvgIpc) is 3.14. The van der Waals surface area contributed by atoms with Gasteiger partial charge in [0, 0.05) is 30.9 Å². The Hall–Kier alpha value is -3.99. The number of carbonyl (C=O) groups excluding carboxylic acids is 1. The first kappa shape index (κ1) is 22.8. The molecule has 1 fully saturated rings. The van der Waals surface area contributed by atoms with Crippen molar-refractivity contribution in [2.24, 2.45) is 0 Å².